The molecular weight excluding hydrogens is 504 g/mol. The zero-order valence-electron chi connectivity index (χ0n) is 20.0. The van der Waals surface area contributed by atoms with Crippen molar-refractivity contribution >= 4 is 51.7 Å². The van der Waals surface area contributed by atoms with Gasteiger partial charge in [-0.3, -0.25) is 18.9 Å². The van der Waals surface area contributed by atoms with E-state index in [2.05, 4.69) is 10.3 Å². The Morgan fingerprint density at radius 1 is 1.05 bits per heavy atom. The SMILES string of the molecule is Cc1ccc(CN2C(=O)/C(=C/c3c(NC[C@@H](O)c4ccccc4)nc4ccccn4c3=O)SC2=S)cc1. The molecule has 2 aromatic carbocycles. The van der Waals surface area contributed by atoms with Gasteiger partial charge in [0.05, 0.1) is 23.1 Å². The number of aryl methyl sites for hydroxylation is 1. The van der Waals surface area contributed by atoms with Crippen LogP contribution < -0.4 is 10.9 Å². The van der Waals surface area contributed by atoms with Crippen molar-refractivity contribution < 1.29 is 9.90 Å². The number of thioether (sulfide) groups is 1. The molecule has 0 saturated carbocycles. The number of benzene rings is 2. The molecule has 1 amide bonds. The van der Waals surface area contributed by atoms with Crippen LogP contribution in [0, 0.1) is 6.92 Å². The molecule has 1 atom stereocenters. The zero-order chi connectivity index (χ0) is 25.9. The molecule has 37 heavy (non-hydrogen) atoms. The number of aromatic nitrogens is 2. The molecule has 1 saturated heterocycles. The van der Waals surface area contributed by atoms with Crippen LogP contribution in [0.3, 0.4) is 0 Å². The van der Waals surface area contributed by atoms with E-state index in [-0.39, 0.29) is 29.4 Å². The second kappa shape index (κ2) is 10.7. The van der Waals surface area contributed by atoms with Crippen molar-refractivity contribution in [1.29, 1.82) is 0 Å². The van der Waals surface area contributed by atoms with Gasteiger partial charge < -0.3 is 10.4 Å². The molecule has 1 aliphatic rings. The van der Waals surface area contributed by atoms with Crippen LogP contribution in [-0.2, 0) is 11.3 Å². The number of carbonyl (C=O) groups is 1. The monoisotopic (exact) mass is 528 g/mol. The fourth-order valence-electron chi connectivity index (χ4n) is 4.00. The van der Waals surface area contributed by atoms with Gasteiger partial charge in [-0.1, -0.05) is 90.2 Å². The standard InChI is InChI=1S/C28H24N4O3S2/c1-18-10-12-19(13-11-18)17-32-27(35)23(37-28(32)36)15-21-25(29-16-22(33)20-7-3-2-4-8-20)30-24-9-5-6-14-31(24)26(21)34/h2-15,22,29,33H,16-17H2,1H3/b23-15-/t22-/m1/s1. The summed E-state index contributed by atoms with van der Waals surface area (Å²) < 4.78 is 1.86. The second-order valence-electron chi connectivity index (χ2n) is 8.67. The summed E-state index contributed by atoms with van der Waals surface area (Å²) in [6.07, 6.45) is 2.37. The normalized spacial score (nSPS) is 15.5. The van der Waals surface area contributed by atoms with Crippen molar-refractivity contribution in [3.8, 4) is 0 Å². The fraction of sp³-hybridized carbons (Fsp3) is 0.143. The summed E-state index contributed by atoms with van der Waals surface area (Å²) in [6.45, 7) is 2.49. The number of pyridine rings is 1. The third-order valence-corrected chi connectivity index (χ3v) is 7.40. The van der Waals surface area contributed by atoms with Gasteiger partial charge in [-0.25, -0.2) is 4.98 Å². The van der Waals surface area contributed by atoms with Gasteiger partial charge in [0.1, 0.15) is 15.8 Å². The highest BCUT2D eigenvalue weighted by Gasteiger charge is 2.32. The van der Waals surface area contributed by atoms with Gasteiger partial charge in [-0.05, 0) is 36.3 Å². The highest BCUT2D eigenvalue weighted by Crippen LogP contribution is 2.34. The van der Waals surface area contributed by atoms with Crippen LogP contribution in [0.5, 0.6) is 0 Å². The molecule has 4 aromatic rings. The number of nitrogens with zero attached hydrogens (tertiary/aromatic N) is 3. The Kier molecular flexibility index (Phi) is 7.18. The van der Waals surface area contributed by atoms with Gasteiger partial charge in [0.25, 0.3) is 11.5 Å². The molecule has 186 valence electrons. The average molecular weight is 529 g/mol. The third kappa shape index (κ3) is 5.34. The van der Waals surface area contributed by atoms with Crippen molar-refractivity contribution in [2.24, 2.45) is 0 Å². The maximum absolute atomic E-state index is 13.5. The molecular formula is C28H24N4O3S2. The molecule has 3 heterocycles. The largest absolute Gasteiger partial charge is 0.387 e. The van der Waals surface area contributed by atoms with E-state index in [4.69, 9.17) is 12.2 Å². The molecule has 0 unspecified atom stereocenters. The number of carbonyl (C=O) groups excluding carboxylic acids is 1. The van der Waals surface area contributed by atoms with E-state index in [1.165, 1.54) is 9.30 Å². The lowest BCUT2D eigenvalue weighted by Crippen LogP contribution is -2.27. The van der Waals surface area contributed by atoms with Crippen LogP contribution in [0.2, 0.25) is 0 Å². The van der Waals surface area contributed by atoms with Gasteiger partial charge in [-0.2, -0.15) is 0 Å². The highest BCUT2D eigenvalue weighted by atomic mass is 32.2. The molecule has 5 rings (SSSR count). The maximum Gasteiger partial charge on any atom is 0.267 e. The first-order valence-electron chi connectivity index (χ1n) is 11.7. The number of nitrogens with one attached hydrogen (secondary N) is 1. The number of thiocarbonyl (C=S) groups is 1. The van der Waals surface area contributed by atoms with Gasteiger partial charge in [0.2, 0.25) is 0 Å². The van der Waals surface area contributed by atoms with E-state index in [1.807, 2.05) is 61.5 Å². The van der Waals surface area contributed by atoms with E-state index >= 15 is 0 Å². The lowest BCUT2D eigenvalue weighted by molar-refractivity contribution is -0.122. The summed E-state index contributed by atoms with van der Waals surface area (Å²) in [4.78, 5) is 33.2. The Bertz CT molecular complexity index is 1570. The minimum absolute atomic E-state index is 0.134. The molecule has 7 nitrogen and oxygen atoms in total. The Hall–Kier alpha value is -3.79. The van der Waals surface area contributed by atoms with Gasteiger partial charge >= 0.3 is 0 Å². The van der Waals surface area contributed by atoms with Crippen molar-refractivity contribution in [3.05, 3.63) is 117 Å². The summed E-state index contributed by atoms with van der Waals surface area (Å²) in [5, 5.41) is 13.8. The van der Waals surface area contributed by atoms with Crippen molar-refractivity contribution in [3.63, 3.8) is 0 Å². The van der Waals surface area contributed by atoms with E-state index in [0.717, 1.165) is 28.5 Å². The topological polar surface area (TPSA) is 86.9 Å². The van der Waals surface area contributed by atoms with Crippen LogP contribution >= 0.6 is 24.0 Å². The highest BCUT2D eigenvalue weighted by molar-refractivity contribution is 8.26. The van der Waals surface area contributed by atoms with Crippen LogP contribution in [0.4, 0.5) is 5.82 Å². The molecule has 1 fully saturated rings. The van der Waals surface area contributed by atoms with E-state index < -0.39 is 6.10 Å². The number of aliphatic hydroxyl groups is 1. The zero-order valence-corrected chi connectivity index (χ0v) is 21.6. The van der Waals surface area contributed by atoms with Crippen molar-refractivity contribution in [2.75, 3.05) is 11.9 Å². The van der Waals surface area contributed by atoms with Crippen LogP contribution in [-0.4, -0.2) is 36.2 Å². The minimum Gasteiger partial charge on any atom is -0.387 e. The quantitative estimate of drug-likeness (QED) is 0.269. The van der Waals surface area contributed by atoms with E-state index in [0.29, 0.717) is 21.4 Å². The van der Waals surface area contributed by atoms with Crippen molar-refractivity contribution in [1.82, 2.24) is 14.3 Å². The molecule has 1 aliphatic heterocycles. The Balaban J connectivity index is 1.47. The Morgan fingerprint density at radius 3 is 2.54 bits per heavy atom. The molecule has 2 N–H and O–H groups in total. The molecule has 0 spiro atoms. The second-order valence-corrected chi connectivity index (χ2v) is 10.3. The first-order valence-corrected chi connectivity index (χ1v) is 12.9. The van der Waals surface area contributed by atoms with Crippen LogP contribution in [0.15, 0.2) is 88.7 Å². The minimum atomic E-state index is -0.808. The summed E-state index contributed by atoms with van der Waals surface area (Å²) >= 11 is 6.66. The summed E-state index contributed by atoms with van der Waals surface area (Å²) in [5.41, 5.74) is 3.19. The first-order chi connectivity index (χ1) is 17.9. The number of rotatable bonds is 7. The first kappa shape index (κ1) is 24.9. The Morgan fingerprint density at radius 2 is 1.78 bits per heavy atom. The smallest absolute Gasteiger partial charge is 0.267 e. The predicted molar refractivity (Wildman–Crippen MR) is 151 cm³/mol. The van der Waals surface area contributed by atoms with Crippen molar-refractivity contribution in [2.45, 2.75) is 19.6 Å². The number of aliphatic hydroxyl groups excluding tert-OH is 1. The predicted octanol–water partition coefficient (Wildman–Crippen LogP) is 4.55. The van der Waals surface area contributed by atoms with Crippen LogP contribution in [0.25, 0.3) is 11.7 Å². The van der Waals surface area contributed by atoms with E-state index in [1.54, 1.807) is 30.5 Å². The summed E-state index contributed by atoms with van der Waals surface area (Å²) in [7, 11) is 0. The number of anilines is 1. The molecule has 0 radical (unpaired) electrons. The molecule has 2 aromatic heterocycles. The molecule has 9 heteroatoms. The van der Waals surface area contributed by atoms with Crippen LogP contribution in [0.1, 0.15) is 28.4 Å². The lowest BCUT2D eigenvalue weighted by Gasteiger charge is -2.15. The Labute approximate surface area is 223 Å². The molecule has 0 aliphatic carbocycles. The third-order valence-electron chi connectivity index (χ3n) is 6.03. The number of amides is 1. The summed E-state index contributed by atoms with van der Waals surface area (Å²) in [6, 6.07) is 22.4. The van der Waals surface area contributed by atoms with Gasteiger partial charge in [0, 0.05) is 12.7 Å². The number of hydrogen-bond donors (Lipinski definition) is 2. The number of fused-ring (bicyclic) bond motifs is 1. The molecule has 0 bridgehead atoms. The lowest BCUT2D eigenvalue weighted by atomic mass is 10.1. The van der Waals surface area contributed by atoms with E-state index in [9.17, 15) is 14.7 Å². The number of hydrogen-bond acceptors (Lipinski definition) is 7. The van der Waals surface area contributed by atoms with Gasteiger partial charge in [0.15, 0.2) is 0 Å². The average Bonchev–Trinajstić information content (AvgIpc) is 3.18. The van der Waals surface area contributed by atoms with Gasteiger partial charge in [-0.15, -0.1) is 0 Å². The summed E-state index contributed by atoms with van der Waals surface area (Å²) in [5.74, 6) is 0.0263. The fourth-order valence-corrected chi connectivity index (χ4v) is 5.23. The maximum atomic E-state index is 13.5.